The van der Waals surface area contributed by atoms with Crippen LogP contribution in [0.15, 0.2) is 42.5 Å². The van der Waals surface area contributed by atoms with E-state index >= 15 is 0 Å². The molecule has 0 radical (unpaired) electrons. The minimum atomic E-state index is -0.225. The molecule has 0 aromatic heterocycles. The van der Waals surface area contributed by atoms with Crippen LogP contribution >= 0.6 is 0 Å². The quantitative estimate of drug-likeness (QED) is 0.877. The van der Waals surface area contributed by atoms with E-state index in [9.17, 15) is 4.39 Å². The van der Waals surface area contributed by atoms with E-state index in [4.69, 9.17) is 5.73 Å². The van der Waals surface area contributed by atoms with Gasteiger partial charge >= 0.3 is 0 Å². The zero-order valence-electron chi connectivity index (χ0n) is 10.1. The fraction of sp³-hybridized carbons (Fsp3) is 0.200. The first-order chi connectivity index (χ1) is 8.78. The first kappa shape index (κ1) is 11.2. The number of hydrogen-bond donors (Lipinski definition) is 1. The molecule has 0 aliphatic carbocycles. The molecule has 2 N–H and O–H groups in total. The first-order valence-corrected chi connectivity index (χ1v) is 6.13. The number of hydrogen-bond acceptors (Lipinski definition) is 2. The molecular weight excluding hydrogens is 227 g/mol. The molecule has 0 atom stereocenters. The van der Waals surface area contributed by atoms with Gasteiger partial charge in [0.25, 0.3) is 0 Å². The van der Waals surface area contributed by atoms with Crippen LogP contribution in [0.1, 0.15) is 11.1 Å². The highest BCUT2D eigenvalue weighted by Crippen LogP contribution is 2.34. The third kappa shape index (κ3) is 1.87. The SMILES string of the molecule is NCc1cc(F)cc(N2CCc3ccccc32)c1. The minimum Gasteiger partial charge on any atom is -0.341 e. The summed E-state index contributed by atoms with van der Waals surface area (Å²) < 4.78 is 13.6. The zero-order valence-corrected chi connectivity index (χ0v) is 10.1. The molecule has 1 heterocycles. The largest absolute Gasteiger partial charge is 0.341 e. The minimum absolute atomic E-state index is 0.225. The lowest BCUT2D eigenvalue weighted by Gasteiger charge is -2.20. The van der Waals surface area contributed by atoms with Gasteiger partial charge in [-0.05, 0) is 41.8 Å². The fourth-order valence-electron chi connectivity index (χ4n) is 2.51. The highest BCUT2D eigenvalue weighted by Gasteiger charge is 2.20. The predicted octanol–water partition coefficient (Wildman–Crippen LogP) is 2.98. The van der Waals surface area contributed by atoms with Gasteiger partial charge in [-0.15, -0.1) is 0 Å². The number of fused-ring (bicyclic) bond motifs is 1. The number of nitrogens with two attached hydrogens (primary N) is 1. The van der Waals surface area contributed by atoms with Crippen molar-refractivity contribution in [2.24, 2.45) is 5.73 Å². The molecule has 0 bridgehead atoms. The maximum Gasteiger partial charge on any atom is 0.125 e. The van der Waals surface area contributed by atoms with Crippen LogP contribution in [0.2, 0.25) is 0 Å². The van der Waals surface area contributed by atoms with Crippen molar-refractivity contribution in [3.63, 3.8) is 0 Å². The third-order valence-electron chi connectivity index (χ3n) is 3.38. The molecule has 0 unspecified atom stereocenters. The summed E-state index contributed by atoms with van der Waals surface area (Å²) in [7, 11) is 0. The van der Waals surface area contributed by atoms with E-state index in [1.54, 1.807) is 6.07 Å². The normalized spacial score (nSPS) is 13.8. The molecule has 0 amide bonds. The number of para-hydroxylation sites is 1. The second kappa shape index (κ2) is 4.42. The Labute approximate surface area is 106 Å². The summed E-state index contributed by atoms with van der Waals surface area (Å²) in [5.41, 5.74) is 9.80. The molecule has 1 aliphatic rings. The van der Waals surface area contributed by atoms with E-state index in [0.29, 0.717) is 6.54 Å². The topological polar surface area (TPSA) is 29.3 Å². The molecule has 0 saturated heterocycles. The van der Waals surface area contributed by atoms with Gasteiger partial charge in [-0.2, -0.15) is 0 Å². The van der Waals surface area contributed by atoms with Gasteiger partial charge in [0.2, 0.25) is 0 Å². The van der Waals surface area contributed by atoms with Gasteiger partial charge in [0.1, 0.15) is 5.82 Å². The lowest BCUT2D eigenvalue weighted by Crippen LogP contribution is -2.14. The van der Waals surface area contributed by atoms with E-state index in [1.165, 1.54) is 17.3 Å². The molecule has 92 valence electrons. The van der Waals surface area contributed by atoms with Crippen LogP contribution in [-0.2, 0) is 13.0 Å². The Hall–Kier alpha value is -1.87. The van der Waals surface area contributed by atoms with Gasteiger partial charge in [0, 0.05) is 24.5 Å². The summed E-state index contributed by atoms with van der Waals surface area (Å²) in [6.45, 7) is 1.26. The fourth-order valence-corrected chi connectivity index (χ4v) is 2.51. The van der Waals surface area contributed by atoms with Crippen molar-refractivity contribution in [3.05, 3.63) is 59.4 Å². The van der Waals surface area contributed by atoms with Gasteiger partial charge in [-0.3, -0.25) is 0 Å². The van der Waals surface area contributed by atoms with Crippen molar-refractivity contribution >= 4 is 11.4 Å². The van der Waals surface area contributed by atoms with Gasteiger partial charge in [0.05, 0.1) is 0 Å². The Kier molecular flexibility index (Phi) is 2.76. The van der Waals surface area contributed by atoms with Crippen LogP contribution in [0, 0.1) is 5.82 Å². The first-order valence-electron chi connectivity index (χ1n) is 6.13. The average Bonchev–Trinajstić information content (AvgIpc) is 2.81. The molecule has 2 aromatic rings. The summed E-state index contributed by atoms with van der Waals surface area (Å²) >= 11 is 0. The Morgan fingerprint density at radius 1 is 1.17 bits per heavy atom. The predicted molar refractivity (Wildman–Crippen MR) is 71.4 cm³/mol. The van der Waals surface area contributed by atoms with Crippen LogP contribution in [0.5, 0.6) is 0 Å². The second-order valence-electron chi connectivity index (χ2n) is 4.55. The van der Waals surface area contributed by atoms with Crippen molar-refractivity contribution in [2.75, 3.05) is 11.4 Å². The van der Waals surface area contributed by atoms with Crippen LogP contribution in [0.3, 0.4) is 0 Å². The highest BCUT2D eigenvalue weighted by molar-refractivity contribution is 5.70. The Balaban J connectivity index is 2.04. The summed E-state index contributed by atoms with van der Waals surface area (Å²) in [6.07, 6.45) is 1.00. The van der Waals surface area contributed by atoms with E-state index in [0.717, 1.165) is 24.2 Å². The molecule has 2 aromatic carbocycles. The molecule has 3 heteroatoms. The smallest absolute Gasteiger partial charge is 0.125 e. The van der Waals surface area contributed by atoms with Crippen LogP contribution < -0.4 is 10.6 Å². The molecule has 2 nitrogen and oxygen atoms in total. The molecule has 1 aliphatic heterocycles. The van der Waals surface area contributed by atoms with E-state index in [-0.39, 0.29) is 5.82 Å². The third-order valence-corrected chi connectivity index (χ3v) is 3.38. The van der Waals surface area contributed by atoms with E-state index in [1.807, 2.05) is 18.2 Å². The Morgan fingerprint density at radius 3 is 2.83 bits per heavy atom. The standard InChI is InChI=1S/C15H15FN2/c16-13-7-11(10-17)8-14(9-13)18-6-5-12-3-1-2-4-15(12)18/h1-4,7-9H,5-6,10,17H2. The van der Waals surface area contributed by atoms with Crippen LogP contribution in [0.4, 0.5) is 15.8 Å². The molecular formula is C15H15FN2. The lowest BCUT2D eigenvalue weighted by molar-refractivity contribution is 0.625. The number of anilines is 2. The van der Waals surface area contributed by atoms with Crippen molar-refractivity contribution in [1.29, 1.82) is 0 Å². The monoisotopic (exact) mass is 242 g/mol. The molecule has 0 spiro atoms. The van der Waals surface area contributed by atoms with Crippen LogP contribution in [-0.4, -0.2) is 6.54 Å². The maximum absolute atomic E-state index is 13.6. The second-order valence-corrected chi connectivity index (χ2v) is 4.55. The highest BCUT2D eigenvalue weighted by atomic mass is 19.1. The molecule has 3 rings (SSSR count). The lowest BCUT2D eigenvalue weighted by atomic mass is 10.1. The molecule has 18 heavy (non-hydrogen) atoms. The maximum atomic E-state index is 13.6. The number of halogens is 1. The summed E-state index contributed by atoms with van der Waals surface area (Å²) in [5.74, 6) is -0.225. The zero-order chi connectivity index (χ0) is 12.5. The van der Waals surface area contributed by atoms with Gasteiger partial charge in [-0.1, -0.05) is 18.2 Å². The summed E-state index contributed by atoms with van der Waals surface area (Å²) in [5, 5.41) is 0. The van der Waals surface area contributed by atoms with Crippen molar-refractivity contribution in [3.8, 4) is 0 Å². The summed E-state index contributed by atoms with van der Waals surface area (Å²) in [4.78, 5) is 2.15. The average molecular weight is 242 g/mol. The molecule has 0 saturated carbocycles. The Morgan fingerprint density at radius 2 is 2.00 bits per heavy atom. The number of nitrogens with zero attached hydrogens (tertiary/aromatic N) is 1. The number of benzene rings is 2. The van der Waals surface area contributed by atoms with Crippen LogP contribution in [0.25, 0.3) is 0 Å². The van der Waals surface area contributed by atoms with E-state index < -0.39 is 0 Å². The van der Waals surface area contributed by atoms with Crippen molar-refractivity contribution in [1.82, 2.24) is 0 Å². The summed E-state index contributed by atoms with van der Waals surface area (Å²) in [6, 6.07) is 13.3. The molecule has 0 fully saturated rings. The van der Waals surface area contributed by atoms with Crippen molar-refractivity contribution in [2.45, 2.75) is 13.0 Å². The van der Waals surface area contributed by atoms with E-state index in [2.05, 4.69) is 17.0 Å². The van der Waals surface area contributed by atoms with Crippen molar-refractivity contribution < 1.29 is 4.39 Å². The van der Waals surface area contributed by atoms with Gasteiger partial charge in [0.15, 0.2) is 0 Å². The number of rotatable bonds is 2. The van der Waals surface area contributed by atoms with Gasteiger partial charge < -0.3 is 10.6 Å². The Bertz CT molecular complexity index is 580. The van der Waals surface area contributed by atoms with Gasteiger partial charge in [-0.25, -0.2) is 4.39 Å².